The molecule has 2 aromatic rings. The molecule has 26 heavy (non-hydrogen) atoms. The molecule has 2 aliphatic heterocycles. The summed E-state index contributed by atoms with van der Waals surface area (Å²) in [4.78, 5) is 5.79. The zero-order valence-corrected chi connectivity index (χ0v) is 16.2. The van der Waals surface area contributed by atoms with Crippen LogP contribution in [0.25, 0.3) is 0 Å². The molecule has 0 saturated carbocycles. The molecule has 4 rings (SSSR count). The van der Waals surface area contributed by atoms with Crippen molar-refractivity contribution < 1.29 is 14.5 Å². The topological polar surface area (TPSA) is 51.0 Å². The maximum absolute atomic E-state index is 10.1. The van der Waals surface area contributed by atoms with E-state index >= 15 is 0 Å². The second-order valence-electron chi connectivity index (χ2n) is 7.45. The zero-order chi connectivity index (χ0) is 18.7. The van der Waals surface area contributed by atoms with Gasteiger partial charge in [0.05, 0.1) is 21.4 Å². The van der Waals surface area contributed by atoms with Gasteiger partial charge in [0.15, 0.2) is 5.60 Å². The first-order chi connectivity index (χ1) is 12.2. The molecule has 1 atom stereocenters. The third-order valence-electron chi connectivity index (χ3n) is 5.10. The summed E-state index contributed by atoms with van der Waals surface area (Å²) < 4.78 is 5.63. The average molecular weight is 390 g/mol. The molecule has 2 aromatic carbocycles. The number of hydrogen-bond acceptors (Lipinski definition) is 4. The second-order valence-corrected chi connectivity index (χ2v) is 8.26. The Kier molecular flexibility index (Phi) is 4.12. The van der Waals surface area contributed by atoms with Gasteiger partial charge in [-0.05, 0) is 61.1 Å². The highest BCUT2D eigenvalue weighted by Crippen LogP contribution is 2.39. The van der Waals surface area contributed by atoms with Gasteiger partial charge < -0.3 is 14.5 Å². The van der Waals surface area contributed by atoms with Crippen LogP contribution >= 0.6 is 23.2 Å². The van der Waals surface area contributed by atoms with Gasteiger partial charge in [0.1, 0.15) is 0 Å². The van der Waals surface area contributed by atoms with Gasteiger partial charge in [0.25, 0.3) is 0 Å². The van der Waals surface area contributed by atoms with Crippen LogP contribution < -0.4 is 5.46 Å². The molecule has 2 heterocycles. The fourth-order valence-electron chi connectivity index (χ4n) is 3.55. The van der Waals surface area contributed by atoms with Crippen molar-refractivity contribution in [2.75, 3.05) is 0 Å². The number of rotatable bonds is 2. The van der Waals surface area contributed by atoms with E-state index in [0.29, 0.717) is 16.5 Å². The quantitative estimate of drug-likeness (QED) is 0.790. The van der Waals surface area contributed by atoms with Gasteiger partial charge in [-0.3, -0.25) is 0 Å². The lowest BCUT2D eigenvalue weighted by Gasteiger charge is -2.22. The first kappa shape index (κ1) is 17.9. The molecule has 0 spiro atoms. The van der Waals surface area contributed by atoms with Crippen molar-refractivity contribution in [1.29, 1.82) is 0 Å². The Morgan fingerprint density at radius 1 is 1.08 bits per heavy atom. The molecule has 0 saturated heterocycles. The number of hydrogen-bond donors (Lipinski definition) is 1. The van der Waals surface area contributed by atoms with Crippen LogP contribution in [0.2, 0.25) is 10.0 Å². The van der Waals surface area contributed by atoms with E-state index in [4.69, 9.17) is 32.7 Å². The van der Waals surface area contributed by atoms with E-state index < -0.39 is 18.3 Å². The van der Waals surface area contributed by atoms with Crippen LogP contribution in [0.15, 0.2) is 41.6 Å². The fourth-order valence-corrected chi connectivity index (χ4v) is 3.85. The molecule has 1 N–H and O–H groups in total. The number of oxime groups is 1. The summed E-state index contributed by atoms with van der Waals surface area (Å²) in [6.07, 6.45) is 0.605. The minimum atomic E-state index is -0.891. The molecule has 0 amide bonds. The van der Waals surface area contributed by atoms with E-state index in [1.54, 1.807) is 6.07 Å². The second kappa shape index (κ2) is 5.99. The lowest BCUT2D eigenvalue weighted by Crippen LogP contribution is -2.28. The van der Waals surface area contributed by atoms with Crippen molar-refractivity contribution >= 4 is 41.5 Å². The van der Waals surface area contributed by atoms with Crippen molar-refractivity contribution in [2.45, 2.75) is 38.4 Å². The number of fused-ring (bicyclic) bond motifs is 1. The Bertz CT molecular complexity index is 931. The summed E-state index contributed by atoms with van der Waals surface area (Å²) >= 11 is 12.2. The normalized spacial score (nSPS) is 23.6. The van der Waals surface area contributed by atoms with Gasteiger partial charge in [0, 0.05) is 6.42 Å². The fraction of sp³-hybridized carbons (Fsp3) is 0.316. The van der Waals surface area contributed by atoms with E-state index in [-0.39, 0.29) is 0 Å². The van der Waals surface area contributed by atoms with Crippen LogP contribution in [-0.4, -0.2) is 17.9 Å². The lowest BCUT2D eigenvalue weighted by molar-refractivity contribution is -0.00737. The van der Waals surface area contributed by atoms with Gasteiger partial charge in [-0.25, -0.2) is 0 Å². The third kappa shape index (κ3) is 2.83. The average Bonchev–Trinajstić information content (AvgIpc) is 3.09. The van der Waals surface area contributed by atoms with E-state index in [1.165, 1.54) is 0 Å². The van der Waals surface area contributed by atoms with Crippen LogP contribution in [0.1, 0.15) is 43.9 Å². The van der Waals surface area contributed by atoms with Gasteiger partial charge >= 0.3 is 7.12 Å². The van der Waals surface area contributed by atoms with Crippen LogP contribution in [0.5, 0.6) is 0 Å². The summed E-state index contributed by atoms with van der Waals surface area (Å²) in [5, 5.41) is 15.4. The smallest absolute Gasteiger partial charge is 0.423 e. The maximum Gasteiger partial charge on any atom is 0.492 e. The van der Waals surface area contributed by atoms with Crippen molar-refractivity contribution in [2.24, 2.45) is 5.16 Å². The molecule has 4 nitrogen and oxygen atoms in total. The van der Waals surface area contributed by atoms with Crippen LogP contribution in [0, 0.1) is 0 Å². The Morgan fingerprint density at radius 3 is 2.58 bits per heavy atom. The predicted octanol–water partition coefficient (Wildman–Crippen LogP) is 3.99. The lowest BCUT2D eigenvalue weighted by atomic mass is 9.77. The third-order valence-corrected chi connectivity index (χ3v) is 5.84. The molecular weight excluding hydrogens is 372 g/mol. The SMILES string of the molecule is CC1(C)OB(O)c2ccc(C3=NOC(C)(c4ccc(Cl)c(Cl)c4)C3)cc21. The highest BCUT2D eigenvalue weighted by Gasteiger charge is 2.42. The molecule has 0 fully saturated rings. The van der Waals surface area contributed by atoms with E-state index in [9.17, 15) is 5.02 Å². The number of benzene rings is 2. The molecule has 2 aliphatic rings. The van der Waals surface area contributed by atoms with E-state index in [0.717, 1.165) is 27.9 Å². The first-order valence-electron chi connectivity index (χ1n) is 8.41. The Hall–Kier alpha value is -1.53. The Labute approximate surface area is 162 Å². The highest BCUT2D eigenvalue weighted by molar-refractivity contribution is 6.62. The van der Waals surface area contributed by atoms with Gasteiger partial charge in [0.2, 0.25) is 0 Å². The van der Waals surface area contributed by atoms with Gasteiger partial charge in [-0.2, -0.15) is 0 Å². The van der Waals surface area contributed by atoms with Crippen LogP contribution in [0.4, 0.5) is 0 Å². The molecule has 7 heteroatoms. The van der Waals surface area contributed by atoms with Gasteiger partial charge in [-0.15, -0.1) is 0 Å². The zero-order valence-electron chi connectivity index (χ0n) is 14.7. The molecule has 0 aromatic heterocycles. The van der Waals surface area contributed by atoms with Crippen LogP contribution in [-0.2, 0) is 20.7 Å². The monoisotopic (exact) mass is 389 g/mol. The molecular formula is C19H18BCl2NO3. The Morgan fingerprint density at radius 2 is 1.85 bits per heavy atom. The summed E-state index contributed by atoms with van der Waals surface area (Å²) in [6, 6.07) is 11.3. The maximum atomic E-state index is 10.1. The summed E-state index contributed by atoms with van der Waals surface area (Å²) in [7, 11) is -0.891. The minimum Gasteiger partial charge on any atom is -0.423 e. The standard InChI is InChI=1S/C19H18BCl2NO3/c1-18(2)13-8-11(4-6-14(13)20(24)25-18)17-10-19(3,26-23-17)12-5-7-15(21)16(22)9-12/h4-9,24H,10H2,1-3H3. The van der Waals surface area contributed by atoms with Gasteiger partial charge in [-0.1, -0.05) is 46.6 Å². The van der Waals surface area contributed by atoms with Crippen molar-refractivity contribution in [3.63, 3.8) is 0 Å². The summed E-state index contributed by atoms with van der Waals surface area (Å²) in [6.45, 7) is 5.87. The summed E-state index contributed by atoms with van der Waals surface area (Å²) in [5.74, 6) is 0. The van der Waals surface area contributed by atoms with Crippen LogP contribution in [0.3, 0.4) is 0 Å². The largest absolute Gasteiger partial charge is 0.492 e. The van der Waals surface area contributed by atoms with Crippen molar-refractivity contribution in [3.8, 4) is 0 Å². The molecule has 1 unspecified atom stereocenters. The predicted molar refractivity (Wildman–Crippen MR) is 104 cm³/mol. The molecule has 0 radical (unpaired) electrons. The highest BCUT2D eigenvalue weighted by atomic mass is 35.5. The van der Waals surface area contributed by atoms with E-state index in [1.807, 2.05) is 51.1 Å². The summed E-state index contributed by atoms with van der Waals surface area (Å²) in [5.41, 5.74) is 3.34. The molecule has 134 valence electrons. The number of halogens is 2. The molecule has 0 aliphatic carbocycles. The van der Waals surface area contributed by atoms with E-state index in [2.05, 4.69) is 5.16 Å². The Balaban J connectivity index is 1.64. The first-order valence-corrected chi connectivity index (χ1v) is 9.16. The number of nitrogens with zero attached hydrogens (tertiary/aromatic N) is 1. The minimum absolute atomic E-state index is 0.493. The van der Waals surface area contributed by atoms with Crippen molar-refractivity contribution in [3.05, 3.63) is 63.1 Å². The molecule has 0 bridgehead atoms. The van der Waals surface area contributed by atoms with Crippen molar-refractivity contribution in [1.82, 2.24) is 0 Å².